The maximum absolute atomic E-state index is 11.3. The molecule has 0 bridgehead atoms. The summed E-state index contributed by atoms with van der Waals surface area (Å²) in [5.41, 5.74) is 0. The Hall–Kier alpha value is -1.29. The van der Waals surface area contributed by atoms with Gasteiger partial charge in [-0.15, -0.1) is 0 Å². The van der Waals surface area contributed by atoms with Crippen LogP contribution in [0, 0.1) is 0 Å². The molecule has 1 unspecified atom stereocenters. The molecule has 0 radical (unpaired) electrons. The highest BCUT2D eigenvalue weighted by Crippen LogP contribution is 2.05. The van der Waals surface area contributed by atoms with Crippen molar-refractivity contribution < 1.29 is 13.9 Å². The number of aryl methyl sites for hydroxylation is 1. The second-order valence-electron chi connectivity index (χ2n) is 3.72. The Kier molecular flexibility index (Phi) is 5.64. The molecular formula is C12H19NO3. The van der Waals surface area contributed by atoms with E-state index < -0.39 is 0 Å². The molecule has 0 aromatic carbocycles. The van der Waals surface area contributed by atoms with Gasteiger partial charge < -0.3 is 14.5 Å². The first-order valence-electron chi connectivity index (χ1n) is 5.62. The SMILES string of the molecule is CCOCC(=O)NC(C)CCc1ccco1. The van der Waals surface area contributed by atoms with E-state index in [9.17, 15) is 4.79 Å². The Bertz CT molecular complexity index is 295. The van der Waals surface area contributed by atoms with Crippen LogP contribution in [0.3, 0.4) is 0 Å². The Morgan fingerprint density at radius 2 is 2.44 bits per heavy atom. The fraction of sp³-hybridized carbons (Fsp3) is 0.583. The van der Waals surface area contributed by atoms with Crippen molar-refractivity contribution >= 4 is 5.91 Å². The van der Waals surface area contributed by atoms with Crippen LogP contribution in [-0.2, 0) is 16.0 Å². The third kappa shape index (κ3) is 4.98. The van der Waals surface area contributed by atoms with Gasteiger partial charge in [-0.2, -0.15) is 0 Å². The van der Waals surface area contributed by atoms with E-state index in [1.807, 2.05) is 26.0 Å². The summed E-state index contributed by atoms with van der Waals surface area (Å²) >= 11 is 0. The predicted octanol–water partition coefficient (Wildman–Crippen LogP) is 1.75. The number of rotatable bonds is 7. The zero-order chi connectivity index (χ0) is 11.8. The van der Waals surface area contributed by atoms with Crippen molar-refractivity contribution in [1.82, 2.24) is 5.32 Å². The summed E-state index contributed by atoms with van der Waals surface area (Å²) in [5.74, 6) is 0.889. The summed E-state index contributed by atoms with van der Waals surface area (Å²) in [5, 5.41) is 2.87. The summed E-state index contributed by atoms with van der Waals surface area (Å²) in [4.78, 5) is 11.3. The maximum atomic E-state index is 11.3. The van der Waals surface area contributed by atoms with Gasteiger partial charge in [0.05, 0.1) is 6.26 Å². The second-order valence-corrected chi connectivity index (χ2v) is 3.72. The van der Waals surface area contributed by atoms with Gasteiger partial charge in [0.15, 0.2) is 0 Å². The van der Waals surface area contributed by atoms with Gasteiger partial charge in [0.25, 0.3) is 0 Å². The monoisotopic (exact) mass is 225 g/mol. The van der Waals surface area contributed by atoms with Crippen molar-refractivity contribution in [3.63, 3.8) is 0 Å². The number of nitrogens with one attached hydrogen (secondary N) is 1. The molecule has 1 atom stereocenters. The van der Waals surface area contributed by atoms with E-state index in [1.54, 1.807) is 6.26 Å². The largest absolute Gasteiger partial charge is 0.469 e. The smallest absolute Gasteiger partial charge is 0.246 e. The van der Waals surface area contributed by atoms with E-state index in [0.29, 0.717) is 6.61 Å². The Morgan fingerprint density at radius 1 is 1.62 bits per heavy atom. The maximum Gasteiger partial charge on any atom is 0.246 e. The molecular weight excluding hydrogens is 206 g/mol. The van der Waals surface area contributed by atoms with Crippen molar-refractivity contribution in [2.75, 3.05) is 13.2 Å². The van der Waals surface area contributed by atoms with E-state index in [0.717, 1.165) is 18.6 Å². The molecule has 1 heterocycles. The van der Waals surface area contributed by atoms with Crippen LogP contribution in [-0.4, -0.2) is 25.2 Å². The molecule has 0 aliphatic heterocycles. The minimum Gasteiger partial charge on any atom is -0.469 e. The average Bonchev–Trinajstić information content (AvgIpc) is 2.76. The quantitative estimate of drug-likeness (QED) is 0.769. The van der Waals surface area contributed by atoms with Crippen molar-refractivity contribution in [1.29, 1.82) is 0 Å². The highest BCUT2D eigenvalue weighted by molar-refractivity contribution is 5.77. The summed E-state index contributed by atoms with van der Waals surface area (Å²) in [6.45, 7) is 4.55. The first-order valence-corrected chi connectivity index (χ1v) is 5.62. The molecule has 1 N–H and O–H groups in total. The van der Waals surface area contributed by atoms with Crippen LogP contribution in [0.2, 0.25) is 0 Å². The fourth-order valence-electron chi connectivity index (χ4n) is 1.40. The number of amides is 1. The number of carbonyl (C=O) groups excluding carboxylic acids is 1. The van der Waals surface area contributed by atoms with Crippen molar-refractivity contribution in [3.8, 4) is 0 Å². The minimum absolute atomic E-state index is 0.0613. The van der Waals surface area contributed by atoms with E-state index in [4.69, 9.17) is 9.15 Å². The van der Waals surface area contributed by atoms with E-state index in [1.165, 1.54) is 0 Å². The highest BCUT2D eigenvalue weighted by atomic mass is 16.5. The molecule has 1 aromatic heterocycles. The number of ether oxygens (including phenoxy) is 1. The first-order chi connectivity index (χ1) is 7.72. The second kappa shape index (κ2) is 7.06. The van der Waals surface area contributed by atoms with E-state index in [2.05, 4.69) is 5.32 Å². The lowest BCUT2D eigenvalue weighted by atomic mass is 10.1. The third-order valence-electron chi connectivity index (χ3n) is 2.25. The van der Waals surface area contributed by atoms with Crippen molar-refractivity contribution in [3.05, 3.63) is 24.2 Å². The fourth-order valence-corrected chi connectivity index (χ4v) is 1.40. The molecule has 0 aliphatic rings. The molecule has 0 aliphatic carbocycles. The summed E-state index contributed by atoms with van der Waals surface area (Å²) in [6.07, 6.45) is 3.36. The van der Waals surface area contributed by atoms with Gasteiger partial charge in [-0.25, -0.2) is 0 Å². The van der Waals surface area contributed by atoms with Crippen molar-refractivity contribution in [2.45, 2.75) is 32.7 Å². The molecule has 1 aromatic rings. The molecule has 90 valence electrons. The molecule has 16 heavy (non-hydrogen) atoms. The molecule has 0 spiro atoms. The lowest BCUT2D eigenvalue weighted by Crippen LogP contribution is -2.35. The normalized spacial score (nSPS) is 12.4. The highest BCUT2D eigenvalue weighted by Gasteiger charge is 2.07. The number of furan rings is 1. The van der Waals surface area contributed by atoms with Gasteiger partial charge in [0, 0.05) is 19.1 Å². The van der Waals surface area contributed by atoms with Crippen LogP contribution in [0.25, 0.3) is 0 Å². The Labute approximate surface area is 96.0 Å². The van der Waals surface area contributed by atoms with Crippen molar-refractivity contribution in [2.24, 2.45) is 0 Å². The van der Waals surface area contributed by atoms with Gasteiger partial charge >= 0.3 is 0 Å². The van der Waals surface area contributed by atoms with Crippen LogP contribution >= 0.6 is 0 Å². The van der Waals surface area contributed by atoms with Crippen LogP contribution in [0.1, 0.15) is 26.0 Å². The van der Waals surface area contributed by atoms with Crippen LogP contribution in [0.4, 0.5) is 0 Å². The molecule has 4 heteroatoms. The van der Waals surface area contributed by atoms with Gasteiger partial charge in [0.2, 0.25) is 5.91 Å². The van der Waals surface area contributed by atoms with Gasteiger partial charge in [-0.05, 0) is 32.4 Å². The van der Waals surface area contributed by atoms with Crippen LogP contribution in [0.5, 0.6) is 0 Å². The molecule has 0 saturated carbocycles. The Balaban J connectivity index is 2.15. The number of hydrogen-bond donors (Lipinski definition) is 1. The predicted molar refractivity (Wildman–Crippen MR) is 61.1 cm³/mol. The molecule has 4 nitrogen and oxygen atoms in total. The molecule has 0 saturated heterocycles. The van der Waals surface area contributed by atoms with Crippen LogP contribution < -0.4 is 5.32 Å². The lowest BCUT2D eigenvalue weighted by molar-refractivity contribution is -0.126. The lowest BCUT2D eigenvalue weighted by Gasteiger charge is -2.12. The van der Waals surface area contributed by atoms with Gasteiger partial charge in [-0.1, -0.05) is 0 Å². The molecule has 0 fully saturated rings. The summed E-state index contributed by atoms with van der Waals surface area (Å²) in [6, 6.07) is 3.95. The number of hydrogen-bond acceptors (Lipinski definition) is 3. The van der Waals surface area contributed by atoms with E-state index in [-0.39, 0.29) is 18.6 Å². The summed E-state index contributed by atoms with van der Waals surface area (Å²) in [7, 11) is 0. The van der Waals surface area contributed by atoms with Gasteiger partial charge in [-0.3, -0.25) is 4.79 Å². The van der Waals surface area contributed by atoms with Gasteiger partial charge in [0.1, 0.15) is 12.4 Å². The average molecular weight is 225 g/mol. The van der Waals surface area contributed by atoms with Crippen LogP contribution in [0.15, 0.2) is 22.8 Å². The standard InChI is InChI=1S/C12H19NO3/c1-3-15-9-12(14)13-10(2)6-7-11-5-4-8-16-11/h4-5,8,10H,3,6-7,9H2,1-2H3,(H,13,14). The molecule has 1 amide bonds. The third-order valence-corrected chi connectivity index (χ3v) is 2.25. The zero-order valence-corrected chi connectivity index (χ0v) is 9.86. The van der Waals surface area contributed by atoms with E-state index >= 15 is 0 Å². The zero-order valence-electron chi connectivity index (χ0n) is 9.86. The Morgan fingerprint density at radius 3 is 3.06 bits per heavy atom. The summed E-state index contributed by atoms with van der Waals surface area (Å²) < 4.78 is 10.2. The topological polar surface area (TPSA) is 51.5 Å². The molecule has 1 rings (SSSR count). The number of carbonyl (C=O) groups is 1. The first kappa shape index (κ1) is 12.8. The minimum atomic E-state index is -0.0613.